The molecule has 86 valence electrons. The van der Waals surface area contributed by atoms with Gasteiger partial charge in [0.05, 0.1) is 0 Å². The molecule has 0 saturated heterocycles. The van der Waals surface area contributed by atoms with Crippen LogP contribution in [0.1, 0.15) is 17.5 Å². The monoisotopic (exact) mass is 230 g/mol. The highest BCUT2D eigenvalue weighted by Crippen LogP contribution is 2.33. The average molecular weight is 230 g/mol. The first kappa shape index (κ1) is 9.90. The fourth-order valence-electron chi connectivity index (χ4n) is 3.17. The summed E-state index contributed by atoms with van der Waals surface area (Å²) in [5, 5.41) is 2.86. The van der Waals surface area contributed by atoms with Crippen LogP contribution in [0.25, 0.3) is 22.8 Å². The van der Waals surface area contributed by atoms with E-state index in [1.165, 1.54) is 38.3 Å². The summed E-state index contributed by atoms with van der Waals surface area (Å²) in [6, 6.07) is 13.3. The average Bonchev–Trinajstić information content (AvgIpc) is 2.57. The molecule has 0 aromatic heterocycles. The summed E-state index contributed by atoms with van der Waals surface area (Å²) in [4.78, 5) is 0. The van der Waals surface area contributed by atoms with Crippen LogP contribution in [0.5, 0.6) is 0 Å². The Bertz CT molecular complexity index is 804. The van der Waals surface area contributed by atoms with Gasteiger partial charge in [-0.25, -0.2) is 0 Å². The maximum absolute atomic E-state index is 2.28. The summed E-state index contributed by atoms with van der Waals surface area (Å²) < 4.78 is 0. The molecule has 0 spiro atoms. The van der Waals surface area contributed by atoms with Crippen molar-refractivity contribution in [2.75, 3.05) is 0 Å². The SMILES string of the molecule is Cc1ccc2c3c1=CC=CCC=3c1ccccc1-2. The molecule has 18 heavy (non-hydrogen) atoms. The molecular formula is C18H14. The van der Waals surface area contributed by atoms with Gasteiger partial charge in [-0.3, -0.25) is 0 Å². The third-order valence-electron chi connectivity index (χ3n) is 4.03. The number of hydrogen-bond donors (Lipinski definition) is 0. The van der Waals surface area contributed by atoms with Crippen LogP contribution in [0.3, 0.4) is 0 Å². The molecule has 2 aromatic rings. The molecular weight excluding hydrogens is 216 g/mol. The molecule has 0 atom stereocenters. The van der Waals surface area contributed by atoms with Gasteiger partial charge in [0.15, 0.2) is 0 Å². The summed E-state index contributed by atoms with van der Waals surface area (Å²) in [7, 11) is 0. The minimum Gasteiger partial charge on any atom is -0.0801 e. The topological polar surface area (TPSA) is 0 Å². The molecule has 0 aliphatic heterocycles. The van der Waals surface area contributed by atoms with E-state index < -0.39 is 0 Å². The van der Waals surface area contributed by atoms with Crippen molar-refractivity contribution in [1.29, 1.82) is 0 Å². The Morgan fingerprint density at radius 1 is 0.889 bits per heavy atom. The fourth-order valence-corrected chi connectivity index (χ4v) is 3.17. The molecule has 0 unspecified atom stereocenters. The highest BCUT2D eigenvalue weighted by Gasteiger charge is 2.19. The molecule has 0 nitrogen and oxygen atoms in total. The molecule has 0 radical (unpaired) electrons. The van der Waals surface area contributed by atoms with Gasteiger partial charge in [-0.15, -0.1) is 0 Å². The van der Waals surface area contributed by atoms with E-state index in [4.69, 9.17) is 0 Å². The van der Waals surface area contributed by atoms with Crippen LogP contribution in [0, 0.1) is 6.92 Å². The van der Waals surface area contributed by atoms with Crippen LogP contribution in [0.2, 0.25) is 0 Å². The zero-order valence-electron chi connectivity index (χ0n) is 10.4. The lowest BCUT2D eigenvalue weighted by Crippen LogP contribution is -2.28. The molecule has 0 amide bonds. The smallest absolute Gasteiger partial charge is 0.00611 e. The maximum atomic E-state index is 2.28. The minimum absolute atomic E-state index is 1.04. The third kappa shape index (κ3) is 1.15. The van der Waals surface area contributed by atoms with Crippen LogP contribution in [0.15, 0.2) is 48.6 Å². The maximum Gasteiger partial charge on any atom is -0.00611 e. The van der Waals surface area contributed by atoms with Gasteiger partial charge in [-0.05, 0) is 51.6 Å². The Morgan fingerprint density at radius 3 is 2.61 bits per heavy atom. The van der Waals surface area contributed by atoms with Crippen molar-refractivity contribution in [2.24, 2.45) is 0 Å². The number of aryl methyl sites for hydroxylation is 1. The first-order valence-corrected chi connectivity index (χ1v) is 6.46. The minimum atomic E-state index is 1.04. The molecule has 0 N–H and O–H groups in total. The van der Waals surface area contributed by atoms with Gasteiger partial charge >= 0.3 is 0 Å². The second kappa shape index (κ2) is 3.46. The van der Waals surface area contributed by atoms with Crippen LogP contribution in [-0.4, -0.2) is 0 Å². The van der Waals surface area contributed by atoms with Crippen molar-refractivity contribution < 1.29 is 0 Å². The van der Waals surface area contributed by atoms with E-state index in [-0.39, 0.29) is 0 Å². The Labute approximate surface area is 107 Å². The van der Waals surface area contributed by atoms with E-state index in [0.29, 0.717) is 0 Å². The van der Waals surface area contributed by atoms with Crippen molar-refractivity contribution >= 4 is 11.6 Å². The Morgan fingerprint density at radius 2 is 1.72 bits per heavy atom. The van der Waals surface area contributed by atoms with Crippen molar-refractivity contribution in [3.8, 4) is 11.1 Å². The lowest BCUT2D eigenvalue weighted by Gasteiger charge is -2.03. The van der Waals surface area contributed by atoms with E-state index in [1.807, 2.05) is 0 Å². The number of benzene rings is 2. The van der Waals surface area contributed by atoms with E-state index in [9.17, 15) is 0 Å². The summed E-state index contributed by atoms with van der Waals surface area (Å²) in [6.45, 7) is 2.20. The largest absolute Gasteiger partial charge is 0.0801 e. The summed E-state index contributed by atoms with van der Waals surface area (Å²) >= 11 is 0. The zero-order chi connectivity index (χ0) is 12.1. The molecule has 0 heteroatoms. The number of fused-ring (bicyclic) bond motifs is 3. The second-order valence-corrected chi connectivity index (χ2v) is 5.04. The van der Waals surface area contributed by atoms with Crippen molar-refractivity contribution in [3.63, 3.8) is 0 Å². The van der Waals surface area contributed by atoms with E-state index in [2.05, 4.69) is 61.5 Å². The molecule has 0 bridgehead atoms. The Kier molecular flexibility index (Phi) is 1.90. The van der Waals surface area contributed by atoms with Crippen LogP contribution < -0.4 is 10.4 Å². The summed E-state index contributed by atoms with van der Waals surface area (Å²) in [5.74, 6) is 0. The second-order valence-electron chi connectivity index (χ2n) is 5.04. The molecule has 0 fully saturated rings. The lowest BCUT2D eigenvalue weighted by atomic mass is 10.0. The molecule has 2 aliphatic carbocycles. The van der Waals surface area contributed by atoms with E-state index >= 15 is 0 Å². The lowest BCUT2D eigenvalue weighted by molar-refractivity contribution is 1.35. The van der Waals surface area contributed by atoms with Gasteiger partial charge in [0, 0.05) is 0 Å². The predicted octanol–water partition coefficient (Wildman–Crippen LogP) is 2.91. The van der Waals surface area contributed by atoms with Gasteiger partial charge in [-0.2, -0.15) is 0 Å². The van der Waals surface area contributed by atoms with Crippen LogP contribution in [0.4, 0.5) is 0 Å². The van der Waals surface area contributed by atoms with Crippen LogP contribution in [-0.2, 0) is 0 Å². The number of hydrogen-bond acceptors (Lipinski definition) is 0. The van der Waals surface area contributed by atoms with Crippen molar-refractivity contribution in [1.82, 2.24) is 0 Å². The van der Waals surface area contributed by atoms with Crippen molar-refractivity contribution in [2.45, 2.75) is 13.3 Å². The first-order chi connectivity index (χ1) is 8.86. The Hall–Kier alpha value is -2.08. The van der Waals surface area contributed by atoms with E-state index in [1.54, 1.807) is 0 Å². The summed E-state index contributed by atoms with van der Waals surface area (Å²) in [5.41, 5.74) is 7.07. The quantitative estimate of drug-likeness (QED) is 0.653. The number of allylic oxidation sites excluding steroid dienone is 2. The third-order valence-corrected chi connectivity index (χ3v) is 4.03. The fraction of sp³-hybridized carbons (Fsp3) is 0.111. The normalized spacial score (nSPS) is 14.8. The van der Waals surface area contributed by atoms with Gasteiger partial charge in [0.2, 0.25) is 0 Å². The molecule has 0 saturated carbocycles. The van der Waals surface area contributed by atoms with Crippen molar-refractivity contribution in [3.05, 3.63) is 70.1 Å². The molecule has 4 rings (SSSR count). The standard InChI is InChI=1S/C18H14/c1-12-10-11-17-15-8-4-3-7-14(15)16-9-5-2-6-13(12)18(16)17/h2-8,10-11H,9H2,1H3. The highest BCUT2D eigenvalue weighted by molar-refractivity contribution is 5.90. The number of rotatable bonds is 0. The van der Waals surface area contributed by atoms with E-state index in [0.717, 1.165) is 6.42 Å². The van der Waals surface area contributed by atoms with Crippen LogP contribution >= 0.6 is 0 Å². The van der Waals surface area contributed by atoms with Gasteiger partial charge in [0.25, 0.3) is 0 Å². The summed E-state index contributed by atoms with van der Waals surface area (Å²) in [6.07, 6.45) is 7.75. The molecule has 0 heterocycles. The Balaban J connectivity index is 2.28. The zero-order valence-corrected chi connectivity index (χ0v) is 10.4. The van der Waals surface area contributed by atoms with Gasteiger partial charge in [0.1, 0.15) is 0 Å². The van der Waals surface area contributed by atoms with Gasteiger partial charge in [-0.1, -0.05) is 54.6 Å². The molecule has 2 aliphatic rings. The highest BCUT2D eigenvalue weighted by atomic mass is 14.2. The van der Waals surface area contributed by atoms with Gasteiger partial charge < -0.3 is 0 Å². The predicted molar refractivity (Wildman–Crippen MR) is 76.6 cm³/mol. The molecule has 2 aromatic carbocycles. The first-order valence-electron chi connectivity index (χ1n) is 6.46.